The van der Waals surface area contributed by atoms with Gasteiger partial charge in [-0.05, 0) is 6.92 Å². The summed E-state index contributed by atoms with van der Waals surface area (Å²) in [7, 11) is 0. The predicted octanol–water partition coefficient (Wildman–Crippen LogP) is 2.73. The Balaban J connectivity index is 2.82. The van der Waals surface area contributed by atoms with Crippen molar-refractivity contribution in [1.82, 2.24) is 0 Å². The smallest absolute Gasteiger partial charge is 0.173 e. The second kappa shape index (κ2) is 4.87. The number of ketones is 2. The number of carbonyl (C=O) groups excluding carboxylic acids is 2. The molecule has 1 aromatic rings. The van der Waals surface area contributed by atoms with Crippen LogP contribution in [0.3, 0.4) is 0 Å². The molecule has 1 unspecified atom stereocenters. The molecule has 0 saturated carbocycles. The van der Waals surface area contributed by atoms with E-state index >= 15 is 0 Å². The fourth-order valence-corrected chi connectivity index (χ4v) is 1.48. The Labute approximate surface area is 90.3 Å². The van der Waals surface area contributed by atoms with Crippen molar-refractivity contribution in [2.45, 2.75) is 20.8 Å². The number of hydrogen-bond donors (Lipinski definition) is 0. The monoisotopic (exact) mass is 204 g/mol. The highest BCUT2D eigenvalue weighted by Gasteiger charge is 2.24. The summed E-state index contributed by atoms with van der Waals surface area (Å²) in [6.07, 6.45) is 0. The molecule has 0 spiro atoms. The minimum absolute atomic E-state index is 0.00357. The van der Waals surface area contributed by atoms with E-state index in [1.165, 1.54) is 0 Å². The highest BCUT2D eigenvalue weighted by Crippen LogP contribution is 2.13. The largest absolute Gasteiger partial charge is 0.299 e. The van der Waals surface area contributed by atoms with Crippen molar-refractivity contribution >= 4 is 11.6 Å². The molecule has 0 amide bonds. The molecule has 2 nitrogen and oxygen atoms in total. The van der Waals surface area contributed by atoms with Crippen LogP contribution in [-0.4, -0.2) is 11.6 Å². The number of Topliss-reactive ketones (excluding diaryl/α,β-unsaturated/α-hetero) is 2. The van der Waals surface area contributed by atoms with Crippen LogP contribution in [0.2, 0.25) is 0 Å². The van der Waals surface area contributed by atoms with Gasteiger partial charge < -0.3 is 0 Å². The molecule has 1 atom stereocenters. The molecule has 15 heavy (non-hydrogen) atoms. The van der Waals surface area contributed by atoms with Crippen molar-refractivity contribution in [3.05, 3.63) is 35.9 Å². The summed E-state index contributed by atoms with van der Waals surface area (Å²) in [6, 6.07) is 8.95. The molecule has 0 heterocycles. The number of benzene rings is 1. The van der Waals surface area contributed by atoms with E-state index in [0.717, 1.165) is 0 Å². The molecule has 80 valence electrons. The van der Waals surface area contributed by atoms with Gasteiger partial charge in [-0.1, -0.05) is 44.2 Å². The average Bonchev–Trinajstić information content (AvgIpc) is 2.27. The third-order valence-electron chi connectivity index (χ3n) is 2.45. The lowest BCUT2D eigenvalue weighted by atomic mass is 9.90. The van der Waals surface area contributed by atoms with Crippen molar-refractivity contribution in [2.24, 2.45) is 11.8 Å². The van der Waals surface area contributed by atoms with E-state index < -0.39 is 5.92 Å². The first-order valence-electron chi connectivity index (χ1n) is 5.17. The Morgan fingerprint density at radius 2 is 1.53 bits per heavy atom. The molecule has 0 fully saturated rings. The SMILES string of the molecule is CC(C)C(=O)C(C)C(=O)c1ccccc1. The van der Waals surface area contributed by atoms with Gasteiger partial charge in [0.1, 0.15) is 5.78 Å². The van der Waals surface area contributed by atoms with Gasteiger partial charge in [0, 0.05) is 11.5 Å². The molecule has 0 bridgehead atoms. The summed E-state index contributed by atoms with van der Waals surface area (Å²) < 4.78 is 0. The Morgan fingerprint density at radius 3 is 2.00 bits per heavy atom. The van der Waals surface area contributed by atoms with E-state index in [0.29, 0.717) is 5.56 Å². The highest BCUT2D eigenvalue weighted by molar-refractivity contribution is 6.10. The van der Waals surface area contributed by atoms with Crippen molar-refractivity contribution in [2.75, 3.05) is 0 Å². The third kappa shape index (κ3) is 2.75. The number of carbonyl (C=O) groups is 2. The molecule has 0 N–H and O–H groups in total. The second-order valence-electron chi connectivity index (χ2n) is 4.01. The topological polar surface area (TPSA) is 34.1 Å². The molecule has 0 aliphatic rings. The first-order valence-corrected chi connectivity index (χ1v) is 5.17. The van der Waals surface area contributed by atoms with E-state index in [1.54, 1.807) is 31.2 Å². The maximum absolute atomic E-state index is 11.9. The normalized spacial score (nSPS) is 12.5. The Morgan fingerprint density at radius 1 is 1.00 bits per heavy atom. The third-order valence-corrected chi connectivity index (χ3v) is 2.45. The average molecular weight is 204 g/mol. The van der Waals surface area contributed by atoms with Gasteiger partial charge in [0.25, 0.3) is 0 Å². The van der Waals surface area contributed by atoms with Gasteiger partial charge in [0.15, 0.2) is 5.78 Å². The summed E-state index contributed by atoms with van der Waals surface area (Å²) in [5.74, 6) is -0.710. The van der Waals surface area contributed by atoms with E-state index in [4.69, 9.17) is 0 Å². The summed E-state index contributed by atoms with van der Waals surface area (Å²) in [5, 5.41) is 0. The predicted molar refractivity (Wildman–Crippen MR) is 59.8 cm³/mol. The molecule has 1 rings (SSSR count). The minimum atomic E-state index is -0.535. The molecule has 1 aromatic carbocycles. The highest BCUT2D eigenvalue weighted by atomic mass is 16.2. The molecule has 0 aliphatic heterocycles. The van der Waals surface area contributed by atoms with Crippen LogP contribution in [0.25, 0.3) is 0 Å². The Hall–Kier alpha value is -1.44. The molecular formula is C13H16O2. The van der Waals surface area contributed by atoms with Crippen molar-refractivity contribution in [1.29, 1.82) is 0 Å². The van der Waals surface area contributed by atoms with Crippen LogP contribution < -0.4 is 0 Å². The Bertz CT molecular complexity index is 352. The van der Waals surface area contributed by atoms with Crippen molar-refractivity contribution < 1.29 is 9.59 Å². The van der Waals surface area contributed by atoms with E-state index in [1.807, 2.05) is 19.9 Å². The summed E-state index contributed by atoms with van der Waals surface area (Å²) in [4.78, 5) is 23.5. The fraction of sp³-hybridized carbons (Fsp3) is 0.385. The van der Waals surface area contributed by atoms with Gasteiger partial charge in [-0.25, -0.2) is 0 Å². The molecular weight excluding hydrogens is 188 g/mol. The summed E-state index contributed by atoms with van der Waals surface area (Å²) >= 11 is 0. The minimum Gasteiger partial charge on any atom is -0.299 e. The number of rotatable bonds is 4. The van der Waals surface area contributed by atoms with Gasteiger partial charge in [-0.15, -0.1) is 0 Å². The van der Waals surface area contributed by atoms with Crippen molar-refractivity contribution in [3.63, 3.8) is 0 Å². The maximum atomic E-state index is 11.9. The molecule has 0 aliphatic carbocycles. The molecule has 2 heteroatoms. The first kappa shape index (κ1) is 11.6. The lowest BCUT2D eigenvalue weighted by Gasteiger charge is -2.11. The van der Waals surface area contributed by atoms with Gasteiger partial charge in [0.05, 0.1) is 5.92 Å². The van der Waals surface area contributed by atoms with Crippen LogP contribution in [0.4, 0.5) is 0 Å². The molecule has 0 aromatic heterocycles. The van der Waals surface area contributed by atoms with Crippen LogP contribution in [0.1, 0.15) is 31.1 Å². The van der Waals surface area contributed by atoms with E-state index in [9.17, 15) is 9.59 Å². The van der Waals surface area contributed by atoms with Crippen LogP contribution in [0, 0.1) is 11.8 Å². The van der Waals surface area contributed by atoms with E-state index in [-0.39, 0.29) is 17.5 Å². The zero-order chi connectivity index (χ0) is 11.4. The van der Waals surface area contributed by atoms with Gasteiger partial charge >= 0.3 is 0 Å². The standard InChI is InChI=1S/C13H16O2/c1-9(2)12(14)10(3)13(15)11-7-5-4-6-8-11/h4-10H,1-3H3. The van der Waals surface area contributed by atoms with Gasteiger partial charge in [-0.2, -0.15) is 0 Å². The van der Waals surface area contributed by atoms with Crippen LogP contribution in [0.5, 0.6) is 0 Å². The van der Waals surface area contributed by atoms with Crippen molar-refractivity contribution in [3.8, 4) is 0 Å². The van der Waals surface area contributed by atoms with Crippen LogP contribution in [0.15, 0.2) is 30.3 Å². The first-order chi connectivity index (χ1) is 7.04. The van der Waals surface area contributed by atoms with E-state index in [2.05, 4.69) is 0 Å². The molecule has 0 radical (unpaired) electrons. The lowest BCUT2D eigenvalue weighted by molar-refractivity contribution is -0.123. The summed E-state index contributed by atoms with van der Waals surface area (Å²) in [5.41, 5.74) is 0.610. The zero-order valence-corrected chi connectivity index (χ0v) is 9.36. The zero-order valence-electron chi connectivity index (χ0n) is 9.36. The maximum Gasteiger partial charge on any atom is 0.173 e. The quantitative estimate of drug-likeness (QED) is 0.558. The summed E-state index contributed by atoms with van der Waals surface area (Å²) in [6.45, 7) is 5.31. The molecule has 0 saturated heterocycles. The number of hydrogen-bond acceptors (Lipinski definition) is 2. The Kier molecular flexibility index (Phi) is 3.78. The lowest BCUT2D eigenvalue weighted by Crippen LogP contribution is -2.25. The van der Waals surface area contributed by atoms with Crippen LogP contribution >= 0.6 is 0 Å². The van der Waals surface area contributed by atoms with Gasteiger partial charge in [-0.3, -0.25) is 9.59 Å². The second-order valence-corrected chi connectivity index (χ2v) is 4.01. The fourth-order valence-electron chi connectivity index (χ4n) is 1.48. The van der Waals surface area contributed by atoms with Gasteiger partial charge in [0.2, 0.25) is 0 Å². The van der Waals surface area contributed by atoms with Crippen LogP contribution in [-0.2, 0) is 4.79 Å².